The monoisotopic (exact) mass is 551 g/mol. The van der Waals surface area contributed by atoms with Crippen LogP contribution in [0.4, 0.5) is 5.69 Å². The molecule has 8 nitrogen and oxygen atoms in total. The van der Waals surface area contributed by atoms with Gasteiger partial charge < -0.3 is 19.9 Å². The van der Waals surface area contributed by atoms with Gasteiger partial charge in [0, 0.05) is 46.4 Å². The molecule has 0 bridgehead atoms. The van der Waals surface area contributed by atoms with Crippen molar-refractivity contribution in [2.45, 2.75) is 40.5 Å². The maximum atomic E-state index is 13.1. The van der Waals surface area contributed by atoms with Gasteiger partial charge in [-0.05, 0) is 81.4 Å². The van der Waals surface area contributed by atoms with Crippen molar-refractivity contribution in [3.05, 3.63) is 82.9 Å². The van der Waals surface area contributed by atoms with E-state index in [1.54, 1.807) is 18.0 Å². The molecule has 0 saturated heterocycles. The van der Waals surface area contributed by atoms with E-state index >= 15 is 0 Å². The minimum Gasteiger partial charge on any atom is -0.494 e. The Morgan fingerprint density at radius 2 is 1.88 bits per heavy atom. The molecule has 0 saturated carbocycles. The molecule has 41 heavy (non-hydrogen) atoms. The highest BCUT2D eigenvalue weighted by atomic mass is 16.5. The number of hydrogen-bond acceptors (Lipinski definition) is 5. The second-order valence-electron chi connectivity index (χ2n) is 10.3. The maximum absolute atomic E-state index is 13.1. The van der Waals surface area contributed by atoms with Crippen molar-refractivity contribution in [3.63, 3.8) is 0 Å². The van der Waals surface area contributed by atoms with Gasteiger partial charge in [0.05, 0.1) is 18.9 Å². The molecule has 3 heterocycles. The van der Waals surface area contributed by atoms with Crippen LogP contribution in [-0.2, 0) is 4.79 Å². The van der Waals surface area contributed by atoms with Gasteiger partial charge in [0.1, 0.15) is 11.4 Å². The molecule has 2 N–H and O–H groups in total. The summed E-state index contributed by atoms with van der Waals surface area (Å²) in [6.45, 7) is 11.0. The lowest BCUT2D eigenvalue weighted by Gasteiger charge is -2.17. The summed E-state index contributed by atoms with van der Waals surface area (Å²) in [7, 11) is 1.64. The number of benzene rings is 2. The number of methoxy groups -OCH3 is 1. The molecule has 0 radical (unpaired) electrons. The van der Waals surface area contributed by atoms with Crippen molar-refractivity contribution in [3.8, 4) is 22.6 Å². The number of aromatic amines is 1. The molecule has 1 amide bonds. The number of carbonyl (C=O) groups is 2. The first kappa shape index (κ1) is 28.1. The van der Waals surface area contributed by atoms with Crippen molar-refractivity contribution in [2.75, 3.05) is 32.1 Å². The number of para-hydroxylation sites is 2. The first-order valence-electron chi connectivity index (χ1n) is 14.1. The van der Waals surface area contributed by atoms with Gasteiger partial charge in [-0.1, -0.05) is 32.0 Å². The average molecular weight is 552 g/mol. The zero-order valence-corrected chi connectivity index (χ0v) is 24.4. The van der Waals surface area contributed by atoms with Gasteiger partial charge in [0.2, 0.25) is 0 Å². The van der Waals surface area contributed by atoms with Crippen LogP contribution in [0.5, 0.6) is 5.75 Å². The number of ether oxygens (including phenoxy) is 1. The zero-order chi connectivity index (χ0) is 29.1. The molecule has 1 aliphatic heterocycles. The molecule has 0 aliphatic carbocycles. The van der Waals surface area contributed by atoms with E-state index in [1.165, 1.54) is 0 Å². The Kier molecular flexibility index (Phi) is 8.21. The molecule has 0 fully saturated rings. The van der Waals surface area contributed by atoms with E-state index < -0.39 is 0 Å². The Morgan fingerprint density at radius 1 is 1.10 bits per heavy atom. The van der Waals surface area contributed by atoms with E-state index in [9.17, 15) is 9.59 Å². The number of amides is 1. The minimum absolute atomic E-state index is 0.138. The predicted octanol–water partition coefficient (Wildman–Crippen LogP) is 6.29. The van der Waals surface area contributed by atoms with E-state index in [2.05, 4.69) is 34.1 Å². The molecule has 2 aromatic heterocycles. The lowest BCUT2D eigenvalue weighted by Crippen LogP contribution is -2.24. The number of aromatic nitrogens is 3. The maximum Gasteiger partial charge on any atom is 0.256 e. The number of nitrogens with zero attached hydrogens (tertiary/aromatic N) is 3. The van der Waals surface area contributed by atoms with E-state index in [0.29, 0.717) is 12.0 Å². The van der Waals surface area contributed by atoms with Gasteiger partial charge in [-0.2, -0.15) is 5.10 Å². The number of nitrogens with one attached hydrogen (secondary N) is 2. The van der Waals surface area contributed by atoms with Crippen molar-refractivity contribution in [1.82, 2.24) is 19.7 Å². The Morgan fingerprint density at radius 3 is 2.63 bits per heavy atom. The Labute approximate surface area is 241 Å². The number of aryl methyl sites for hydroxylation is 1. The number of H-pyrrole nitrogens is 1. The molecule has 5 rings (SSSR count). The topological polar surface area (TPSA) is 92.3 Å². The SMILES string of the molecule is CCN(CC)CCCC(=O)c1c(C)[nH]c(/C=C2\C(=O)Nc3ccc(-c4cnn(-c5ccccc5OC)c4)cc32)c1C. The standard InChI is InChI=1S/C33H37N5O3/c1-6-37(7-2)16-10-12-30(39)32-21(3)28(35-22(32)4)18-26-25-17-23(14-15-27(25)36-33(26)40)24-19-34-38(20-24)29-11-8-9-13-31(29)41-5/h8-9,11,13-15,17-20,35H,6-7,10,12,16H2,1-5H3,(H,36,40)/b26-18-. The Bertz CT molecular complexity index is 1620. The summed E-state index contributed by atoms with van der Waals surface area (Å²) >= 11 is 0. The fraction of sp³-hybridized carbons (Fsp3) is 0.303. The van der Waals surface area contributed by atoms with E-state index in [4.69, 9.17) is 4.74 Å². The van der Waals surface area contributed by atoms with Gasteiger partial charge in [-0.25, -0.2) is 4.68 Å². The van der Waals surface area contributed by atoms with Gasteiger partial charge in [0.25, 0.3) is 5.91 Å². The van der Waals surface area contributed by atoms with Gasteiger partial charge >= 0.3 is 0 Å². The smallest absolute Gasteiger partial charge is 0.256 e. The van der Waals surface area contributed by atoms with Crippen molar-refractivity contribution >= 4 is 29.0 Å². The largest absolute Gasteiger partial charge is 0.494 e. The number of ketones is 1. The van der Waals surface area contributed by atoms with Crippen LogP contribution in [0.1, 0.15) is 59.6 Å². The van der Waals surface area contributed by atoms with Crippen LogP contribution in [-0.4, -0.2) is 58.1 Å². The molecule has 4 aromatic rings. The third kappa shape index (κ3) is 5.60. The Hall–Kier alpha value is -4.43. The first-order valence-corrected chi connectivity index (χ1v) is 14.1. The fourth-order valence-corrected chi connectivity index (χ4v) is 5.54. The second kappa shape index (κ2) is 12.0. The lowest BCUT2D eigenvalue weighted by molar-refractivity contribution is -0.110. The summed E-state index contributed by atoms with van der Waals surface area (Å²) < 4.78 is 7.27. The Balaban J connectivity index is 1.42. The summed E-state index contributed by atoms with van der Waals surface area (Å²) in [4.78, 5) is 31.9. The average Bonchev–Trinajstić information content (AvgIpc) is 3.66. The number of anilines is 1. The van der Waals surface area contributed by atoms with Gasteiger partial charge in [-0.15, -0.1) is 0 Å². The summed E-state index contributed by atoms with van der Waals surface area (Å²) in [5.41, 5.74) is 8.05. The number of carbonyl (C=O) groups excluding carboxylic acids is 2. The van der Waals surface area contributed by atoms with Crippen molar-refractivity contribution in [1.29, 1.82) is 0 Å². The van der Waals surface area contributed by atoms with Crippen LogP contribution < -0.4 is 10.1 Å². The fourth-order valence-electron chi connectivity index (χ4n) is 5.54. The lowest BCUT2D eigenvalue weighted by atomic mass is 9.98. The van der Waals surface area contributed by atoms with Gasteiger partial charge in [0.15, 0.2) is 5.78 Å². The number of Topliss-reactive ketones (excluding diaryl/α,β-unsaturated/α-hetero) is 1. The van der Waals surface area contributed by atoms with Crippen molar-refractivity contribution < 1.29 is 14.3 Å². The third-order valence-corrected chi connectivity index (χ3v) is 7.87. The highest BCUT2D eigenvalue weighted by molar-refractivity contribution is 6.35. The van der Waals surface area contributed by atoms with E-state index in [0.717, 1.165) is 82.4 Å². The predicted molar refractivity (Wildman–Crippen MR) is 164 cm³/mol. The zero-order valence-electron chi connectivity index (χ0n) is 24.4. The molecule has 8 heteroatoms. The summed E-state index contributed by atoms with van der Waals surface area (Å²) in [6, 6.07) is 13.6. The summed E-state index contributed by atoms with van der Waals surface area (Å²) in [5.74, 6) is 0.703. The molecule has 212 valence electrons. The normalized spacial score (nSPS) is 13.6. The molecular formula is C33H37N5O3. The number of fused-ring (bicyclic) bond motifs is 1. The molecule has 2 aromatic carbocycles. The number of hydrogen-bond donors (Lipinski definition) is 2. The number of rotatable bonds is 11. The molecule has 0 atom stereocenters. The van der Waals surface area contributed by atoms with E-state index in [1.807, 2.05) is 68.6 Å². The van der Waals surface area contributed by atoms with Crippen LogP contribution >= 0.6 is 0 Å². The highest BCUT2D eigenvalue weighted by Gasteiger charge is 2.26. The first-order chi connectivity index (χ1) is 19.8. The van der Waals surface area contributed by atoms with Crippen LogP contribution in [0.15, 0.2) is 54.9 Å². The van der Waals surface area contributed by atoms with Crippen LogP contribution in [0.2, 0.25) is 0 Å². The minimum atomic E-state index is -0.166. The van der Waals surface area contributed by atoms with Crippen LogP contribution in [0.25, 0.3) is 28.5 Å². The van der Waals surface area contributed by atoms with Crippen LogP contribution in [0, 0.1) is 13.8 Å². The molecular weight excluding hydrogens is 514 g/mol. The summed E-state index contributed by atoms with van der Waals surface area (Å²) in [5, 5.41) is 7.52. The second-order valence-corrected chi connectivity index (χ2v) is 10.3. The van der Waals surface area contributed by atoms with Gasteiger partial charge in [-0.3, -0.25) is 9.59 Å². The van der Waals surface area contributed by atoms with E-state index in [-0.39, 0.29) is 11.7 Å². The molecule has 0 spiro atoms. The van der Waals surface area contributed by atoms with Crippen LogP contribution in [0.3, 0.4) is 0 Å². The quantitative estimate of drug-likeness (QED) is 0.169. The molecule has 1 aliphatic rings. The molecule has 0 unspecified atom stereocenters. The third-order valence-electron chi connectivity index (χ3n) is 7.87. The summed E-state index contributed by atoms with van der Waals surface area (Å²) in [6.07, 6.45) is 6.94. The highest BCUT2D eigenvalue weighted by Crippen LogP contribution is 2.37. The van der Waals surface area contributed by atoms with Crippen molar-refractivity contribution in [2.24, 2.45) is 0 Å².